The predicted octanol–water partition coefficient (Wildman–Crippen LogP) is -3.38. The molecule has 2 rings (SSSR count). The number of nitrogens with one attached hydrogen (secondary N) is 2. The van der Waals surface area contributed by atoms with E-state index < -0.39 is 47.2 Å². The molecule has 4 atom stereocenters. The van der Waals surface area contributed by atoms with Crippen molar-refractivity contribution < 1.29 is 30.0 Å². The zero-order valence-corrected chi connectivity index (χ0v) is 13.1. The predicted molar refractivity (Wildman–Crippen MR) is 81.4 cm³/mol. The first-order valence-electron chi connectivity index (χ1n) is 6.85. The second-order valence-corrected chi connectivity index (χ2v) is 6.16. The van der Waals surface area contributed by atoms with E-state index in [0.717, 1.165) is 28.6 Å². The number of aromatic nitrogens is 2. The number of carbonyl (C=O) groups is 1. The lowest BCUT2D eigenvalue weighted by Gasteiger charge is -2.32. The molecule has 0 aliphatic carbocycles. The van der Waals surface area contributed by atoms with E-state index in [0.29, 0.717) is 0 Å². The van der Waals surface area contributed by atoms with Crippen LogP contribution in [0.15, 0.2) is 21.9 Å². The van der Waals surface area contributed by atoms with Gasteiger partial charge in [-0.1, -0.05) is 11.8 Å². The summed E-state index contributed by atoms with van der Waals surface area (Å²) in [5, 5.41) is 38.9. The normalized spacial score (nSPS) is 29.7. The third kappa shape index (κ3) is 3.53. The van der Waals surface area contributed by atoms with Crippen molar-refractivity contribution >= 4 is 17.7 Å². The topological polar surface area (TPSA) is 174 Å². The second kappa shape index (κ2) is 7.46. The van der Waals surface area contributed by atoms with Crippen LogP contribution in [-0.2, 0) is 14.6 Å². The monoisotopic (exact) mass is 363 g/mol. The van der Waals surface area contributed by atoms with Gasteiger partial charge in [-0.2, -0.15) is 0 Å². The van der Waals surface area contributed by atoms with Crippen LogP contribution in [0.2, 0.25) is 0 Å². The lowest BCUT2D eigenvalue weighted by atomic mass is 10.1. The van der Waals surface area contributed by atoms with E-state index in [2.05, 4.69) is 5.32 Å². The average Bonchev–Trinajstić information content (AvgIpc) is 2.77. The molecule has 0 unspecified atom stereocenters. The summed E-state index contributed by atoms with van der Waals surface area (Å²) in [4.78, 5) is 35.8. The summed E-state index contributed by atoms with van der Waals surface area (Å²) in [5.74, 6) is -1.16. The Bertz CT molecular complexity index is 706. The Morgan fingerprint density at radius 3 is 2.71 bits per heavy atom. The highest BCUT2D eigenvalue weighted by atomic mass is 32.2. The molecule has 2 heterocycles. The van der Waals surface area contributed by atoms with E-state index in [1.54, 1.807) is 0 Å². The molecular weight excluding hydrogens is 346 g/mol. The molecule has 0 spiro atoms. The maximum absolute atomic E-state index is 12.1. The molecule has 1 aromatic rings. The van der Waals surface area contributed by atoms with Gasteiger partial charge < -0.3 is 25.2 Å². The SMILES string of the molecule is O=C(O)CNCS[C@@]1(n2ccc(=O)[nH]c2=O)O[C@H](CO)[C@@H](O)[C@H]1O. The molecule has 1 aliphatic rings. The summed E-state index contributed by atoms with van der Waals surface area (Å²) in [6.45, 7) is -0.979. The molecule has 6 N–H and O–H groups in total. The maximum atomic E-state index is 12.1. The number of nitrogens with zero attached hydrogens (tertiary/aromatic N) is 1. The Morgan fingerprint density at radius 2 is 2.17 bits per heavy atom. The van der Waals surface area contributed by atoms with E-state index in [4.69, 9.17) is 9.84 Å². The lowest BCUT2D eigenvalue weighted by molar-refractivity contribution is -0.135. The van der Waals surface area contributed by atoms with Gasteiger partial charge in [-0.05, 0) is 0 Å². The number of rotatable bonds is 7. The standard InChI is InChI=1S/C12H17N3O8S/c16-4-6-9(20)10(21)12(23-6,24-5-13-3-8(18)19)15-2-1-7(17)14-11(15)22/h1-2,6,9-10,13,16,20-21H,3-5H2,(H,18,19)(H,14,17,22)/t6-,9-,10-,12+/m1/s1. The molecule has 0 saturated carbocycles. The van der Waals surface area contributed by atoms with Crippen LogP contribution in [0.5, 0.6) is 0 Å². The van der Waals surface area contributed by atoms with Crippen molar-refractivity contribution in [2.45, 2.75) is 23.4 Å². The molecule has 11 nitrogen and oxygen atoms in total. The van der Waals surface area contributed by atoms with Crippen LogP contribution in [0, 0.1) is 0 Å². The van der Waals surface area contributed by atoms with Crippen LogP contribution in [0.3, 0.4) is 0 Å². The van der Waals surface area contributed by atoms with Crippen LogP contribution in [0.25, 0.3) is 0 Å². The van der Waals surface area contributed by atoms with Crippen LogP contribution >= 0.6 is 11.8 Å². The second-order valence-electron chi connectivity index (χ2n) is 4.99. The molecule has 134 valence electrons. The average molecular weight is 363 g/mol. The molecule has 0 bridgehead atoms. The van der Waals surface area contributed by atoms with E-state index in [-0.39, 0.29) is 12.4 Å². The zero-order chi connectivity index (χ0) is 17.9. The van der Waals surface area contributed by atoms with Gasteiger partial charge in [-0.3, -0.25) is 24.5 Å². The quantitative estimate of drug-likeness (QED) is 0.212. The lowest BCUT2D eigenvalue weighted by Crippen LogP contribution is -2.50. The van der Waals surface area contributed by atoms with Gasteiger partial charge in [0.25, 0.3) is 5.56 Å². The number of hydrogen-bond acceptors (Lipinski definition) is 9. The van der Waals surface area contributed by atoms with Gasteiger partial charge in [-0.25, -0.2) is 4.79 Å². The Hall–Kier alpha value is -1.70. The van der Waals surface area contributed by atoms with E-state index >= 15 is 0 Å². The van der Waals surface area contributed by atoms with Crippen molar-refractivity contribution in [1.29, 1.82) is 0 Å². The first-order valence-corrected chi connectivity index (χ1v) is 7.84. The fraction of sp³-hybridized carbons (Fsp3) is 0.583. The van der Waals surface area contributed by atoms with Crippen molar-refractivity contribution in [1.82, 2.24) is 14.9 Å². The summed E-state index contributed by atoms with van der Waals surface area (Å²) < 4.78 is 6.38. The first-order chi connectivity index (χ1) is 11.3. The molecule has 1 aromatic heterocycles. The Kier molecular flexibility index (Phi) is 5.79. The van der Waals surface area contributed by atoms with Gasteiger partial charge >= 0.3 is 11.7 Å². The van der Waals surface area contributed by atoms with Gasteiger partial charge in [0.15, 0.2) is 0 Å². The first kappa shape index (κ1) is 18.6. The number of aromatic amines is 1. The van der Waals surface area contributed by atoms with Crippen LogP contribution in [0.4, 0.5) is 0 Å². The number of carboxylic acid groups (broad SMARTS) is 1. The molecule has 0 amide bonds. The highest BCUT2D eigenvalue weighted by Crippen LogP contribution is 2.43. The van der Waals surface area contributed by atoms with Gasteiger partial charge in [0, 0.05) is 18.1 Å². The molecule has 0 radical (unpaired) electrons. The molecule has 24 heavy (non-hydrogen) atoms. The van der Waals surface area contributed by atoms with Crippen molar-refractivity contribution in [2.75, 3.05) is 19.0 Å². The number of ether oxygens (including phenoxy) is 1. The third-order valence-corrected chi connectivity index (χ3v) is 4.69. The third-order valence-electron chi connectivity index (χ3n) is 3.40. The number of carboxylic acids is 1. The van der Waals surface area contributed by atoms with E-state index in [9.17, 15) is 29.7 Å². The number of H-pyrrole nitrogens is 1. The number of thioether (sulfide) groups is 1. The molecule has 1 aliphatic heterocycles. The maximum Gasteiger partial charge on any atom is 0.331 e. The minimum Gasteiger partial charge on any atom is -0.480 e. The Labute approximate surface area is 138 Å². The van der Waals surface area contributed by atoms with E-state index in [1.165, 1.54) is 0 Å². The Balaban J connectivity index is 2.36. The van der Waals surface area contributed by atoms with Crippen molar-refractivity contribution in [3.8, 4) is 0 Å². The number of aliphatic carboxylic acids is 1. The summed E-state index contributed by atoms with van der Waals surface area (Å²) >= 11 is 0.801. The minimum atomic E-state index is -1.85. The largest absolute Gasteiger partial charge is 0.480 e. The fourth-order valence-electron chi connectivity index (χ4n) is 2.28. The summed E-state index contributed by atoms with van der Waals surface area (Å²) in [5.41, 5.74) is -1.55. The highest BCUT2D eigenvalue weighted by molar-refractivity contribution is 7.99. The molecule has 1 fully saturated rings. The summed E-state index contributed by atoms with van der Waals surface area (Å²) in [6.07, 6.45) is -3.18. The van der Waals surface area contributed by atoms with Gasteiger partial charge in [-0.15, -0.1) is 0 Å². The van der Waals surface area contributed by atoms with Gasteiger partial charge in [0.1, 0.15) is 18.3 Å². The fourth-order valence-corrected chi connectivity index (χ4v) is 3.48. The summed E-state index contributed by atoms with van der Waals surface area (Å²) in [6, 6.07) is 1.03. The minimum absolute atomic E-state index is 0.0558. The molecule has 1 saturated heterocycles. The highest BCUT2D eigenvalue weighted by Gasteiger charge is 2.56. The number of aliphatic hydroxyl groups excluding tert-OH is 3. The van der Waals surface area contributed by atoms with Gasteiger partial charge in [0.05, 0.1) is 13.2 Å². The molecule has 0 aromatic carbocycles. The van der Waals surface area contributed by atoms with Crippen LogP contribution in [-0.4, -0.2) is 73.3 Å². The van der Waals surface area contributed by atoms with Crippen molar-refractivity contribution in [3.63, 3.8) is 0 Å². The zero-order valence-electron chi connectivity index (χ0n) is 12.3. The van der Waals surface area contributed by atoms with Gasteiger partial charge in [0.2, 0.25) is 5.06 Å². The Morgan fingerprint density at radius 1 is 1.46 bits per heavy atom. The van der Waals surface area contributed by atoms with Crippen LogP contribution < -0.4 is 16.6 Å². The van der Waals surface area contributed by atoms with Crippen LogP contribution in [0.1, 0.15) is 0 Å². The van der Waals surface area contributed by atoms with Crippen molar-refractivity contribution in [2.24, 2.45) is 0 Å². The summed E-state index contributed by atoms with van der Waals surface area (Å²) in [7, 11) is 0. The smallest absolute Gasteiger partial charge is 0.331 e. The number of hydrogen-bond donors (Lipinski definition) is 6. The molecular formula is C12H17N3O8S. The molecule has 12 heteroatoms. The van der Waals surface area contributed by atoms with E-state index in [1.807, 2.05) is 4.98 Å². The van der Waals surface area contributed by atoms with Crippen molar-refractivity contribution in [3.05, 3.63) is 33.1 Å². The number of aliphatic hydroxyl groups is 3.